The minimum Gasteiger partial charge on any atom is -0.337 e. The Labute approximate surface area is 158 Å². The van der Waals surface area contributed by atoms with Gasteiger partial charge in [-0.15, -0.1) is 0 Å². The van der Waals surface area contributed by atoms with Crippen LogP contribution >= 0.6 is 0 Å². The van der Waals surface area contributed by atoms with E-state index in [0.29, 0.717) is 11.7 Å². The first kappa shape index (κ1) is 18.7. The van der Waals surface area contributed by atoms with Crippen LogP contribution in [-0.4, -0.2) is 52.0 Å². The van der Waals surface area contributed by atoms with Gasteiger partial charge < -0.3 is 9.42 Å². The van der Waals surface area contributed by atoms with Gasteiger partial charge in [-0.25, -0.2) is 0 Å². The lowest BCUT2D eigenvalue weighted by Crippen LogP contribution is -2.38. The molecule has 0 bridgehead atoms. The molecular formula is C20H23N5O2. The first-order valence-electron chi connectivity index (χ1n) is 8.67. The highest BCUT2D eigenvalue weighted by Crippen LogP contribution is 2.24. The molecule has 0 unspecified atom stereocenters. The second kappa shape index (κ2) is 8.09. The zero-order chi connectivity index (χ0) is 19.4. The van der Waals surface area contributed by atoms with Gasteiger partial charge in [-0.3, -0.25) is 14.7 Å². The Balaban J connectivity index is 1.77. The molecule has 0 N–H and O–H groups in total. The molecule has 140 valence electrons. The molecule has 0 radical (unpaired) electrons. The van der Waals surface area contributed by atoms with E-state index >= 15 is 0 Å². The van der Waals surface area contributed by atoms with Gasteiger partial charge in [-0.2, -0.15) is 4.98 Å². The van der Waals surface area contributed by atoms with E-state index in [0.717, 1.165) is 16.7 Å². The van der Waals surface area contributed by atoms with Crippen LogP contribution in [0.15, 0.2) is 53.3 Å². The number of hydrogen-bond acceptors (Lipinski definition) is 6. The Morgan fingerprint density at radius 1 is 1.11 bits per heavy atom. The van der Waals surface area contributed by atoms with Gasteiger partial charge in [0.15, 0.2) is 0 Å². The van der Waals surface area contributed by atoms with Crippen molar-refractivity contribution in [1.82, 2.24) is 24.9 Å². The van der Waals surface area contributed by atoms with Gasteiger partial charge in [0.2, 0.25) is 17.6 Å². The SMILES string of the molecule is Cc1ccccc1[C@H](C(=O)N(C)Cc1nc(-c2ccncc2)no1)N(C)C. The van der Waals surface area contributed by atoms with Crippen LogP contribution in [0, 0.1) is 6.92 Å². The number of benzene rings is 1. The van der Waals surface area contributed by atoms with Crippen LogP contribution in [0.3, 0.4) is 0 Å². The van der Waals surface area contributed by atoms with Crippen LogP contribution in [0.4, 0.5) is 0 Å². The van der Waals surface area contributed by atoms with E-state index in [-0.39, 0.29) is 18.5 Å². The molecule has 0 fully saturated rings. The lowest BCUT2D eigenvalue weighted by atomic mass is 9.99. The monoisotopic (exact) mass is 365 g/mol. The number of aryl methyl sites for hydroxylation is 1. The Hall–Kier alpha value is -3.06. The minimum absolute atomic E-state index is 0.0297. The van der Waals surface area contributed by atoms with E-state index in [1.165, 1.54) is 0 Å². The molecule has 0 spiro atoms. The number of hydrogen-bond donors (Lipinski definition) is 0. The fraction of sp³-hybridized carbons (Fsp3) is 0.300. The van der Waals surface area contributed by atoms with Crippen LogP contribution in [-0.2, 0) is 11.3 Å². The number of carbonyl (C=O) groups excluding carboxylic acids is 1. The van der Waals surface area contributed by atoms with Gasteiger partial charge in [0.1, 0.15) is 6.04 Å². The van der Waals surface area contributed by atoms with Crippen molar-refractivity contribution in [2.45, 2.75) is 19.5 Å². The van der Waals surface area contributed by atoms with E-state index in [9.17, 15) is 4.79 Å². The topological polar surface area (TPSA) is 75.4 Å². The van der Waals surface area contributed by atoms with Crippen LogP contribution < -0.4 is 0 Å². The molecule has 3 aromatic rings. The molecule has 1 aromatic carbocycles. The van der Waals surface area contributed by atoms with Crippen LogP contribution in [0.1, 0.15) is 23.1 Å². The second-order valence-corrected chi connectivity index (χ2v) is 6.66. The first-order valence-corrected chi connectivity index (χ1v) is 8.67. The molecule has 0 aliphatic carbocycles. The van der Waals surface area contributed by atoms with Gasteiger partial charge in [0.25, 0.3) is 0 Å². The quantitative estimate of drug-likeness (QED) is 0.669. The molecule has 2 aromatic heterocycles. The largest absolute Gasteiger partial charge is 0.337 e. The summed E-state index contributed by atoms with van der Waals surface area (Å²) in [6, 6.07) is 11.2. The third-order valence-electron chi connectivity index (χ3n) is 4.39. The fourth-order valence-electron chi connectivity index (χ4n) is 2.95. The second-order valence-electron chi connectivity index (χ2n) is 6.66. The predicted octanol–water partition coefficient (Wildman–Crippen LogP) is 2.70. The molecule has 0 aliphatic rings. The van der Waals surface area contributed by atoms with Crippen LogP contribution in [0.2, 0.25) is 0 Å². The summed E-state index contributed by atoms with van der Waals surface area (Å²) in [5.74, 6) is 0.842. The first-order chi connectivity index (χ1) is 13.0. The number of rotatable bonds is 6. The lowest BCUT2D eigenvalue weighted by molar-refractivity contribution is -0.135. The summed E-state index contributed by atoms with van der Waals surface area (Å²) in [4.78, 5) is 25.0. The lowest BCUT2D eigenvalue weighted by Gasteiger charge is -2.29. The predicted molar refractivity (Wildman–Crippen MR) is 102 cm³/mol. The van der Waals surface area contributed by atoms with Crippen molar-refractivity contribution in [3.05, 3.63) is 65.8 Å². The zero-order valence-electron chi connectivity index (χ0n) is 16.0. The summed E-state index contributed by atoms with van der Waals surface area (Å²) >= 11 is 0. The Kier molecular flexibility index (Phi) is 5.61. The summed E-state index contributed by atoms with van der Waals surface area (Å²) in [6.07, 6.45) is 3.34. The number of pyridine rings is 1. The zero-order valence-corrected chi connectivity index (χ0v) is 16.0. The minimum atomic E-state index is -0.376. The molecule has 0 saturated carbocycles. The number of carbonyl (C=O) groups is 1. The summed E-state index contributed by atoms with van der Waals surface area (Å²) < 4.78 is 5.32. The van der Waals surface area contributed by atoms with E-state index in [1.807, 2.05) is 62.3 Å². The molecule has 0 aliphatic heterocycles. The van der Waals surface area contributed by atoms with Crippen molar-refractivity contribution in [3.63, 3.8) is 0 Å². The smallest absolute Gasteiger partial charge is 0.246 e. The Bertz CT molecular complexity index is 908. The maximum absolute atomic E-state index is 13.1. The summed E-state index contributed by atoms with van der Waals surface area (Å²) in [5, 5.41) is 3.99. The summed E-state index contributed by atoms with van der Waals surface area (Å²) in [5.41, 5.74) is 2.89. The third kappa shape index (κ3) is 4.20. The molecule has 0 saturated heterocycles. The number of nitrogens with zero attached hydrogens (tertiary/aromatic N) is 5. The van der Waals surface area contributed by atoms with Gasteiger partial charge >= 0.3 is 0 Å². The normalized spacial score (nSPS) is 12.2. The molecule has 1 amide bonds. The molecule has 3 rings (SSSR count). The number of aromatic nitrogens is 3. The highest BCUT2D eigenvalue weighted by molar-refractivity contribution is 5.83. The van der Waals surface area contributed by atoms with Crippen LogP contribution in [0.5, 0.6) is 0 Å². The summed E-state index contributed by atoms with van der Waals surface area (Å²) in [7, 11) is 5.54. The Morgan fingerprint density at radius 2 is 1.81 bits per heavy atom. The van der Waals surface area contributed by atoms with Crippen molar-refractivity contribution in [2.24, 2.45) is 0 Å². The highest BCUT2D eigenvalue weighted by Gasteiger charge is 2.28. The maximum Gasteiger partial charge on any atom is 0.246 e. The van der Waals surface area contributed by atoms with Crippen LogP contribution in [0.25, 0.3) is 11.4 Å². The molecule has 2 heterocycles. The van der Waals surface area contributed by atoms with Crippen molar-refractivity contribution >= 4 is 5.91 Å². The summed E-state index contributed by atoms with van der Waals surface area (Å²) in [6.45, 7) is 2.26. The van der Waals surface area contributed by atoms with Crippen molar-refractivity contribution in [2.75, 3.05) is 21.1 Å². The van der Waals surface area contributed by atoms with Crippen molar-refractivity contribution < 1.29 is 9.32 Å². The average Bonchev–Trinajstić information content (AvgIpc) is 3.12. The van der Waals surface area contributed by atoms with E-state index in [2.05, 4.69) is 15.1 Å². The molecular weight excluding hydrogens is 342 g/mol. The van der Waals surface area contributed by atoms with Crippen molar-refractivity contribution in [1.29, 1.82) is 0 Å². The molecule has 1 atom stereocenters. The van der Waals surface area contributed by atoms with Gasteiger partial charge in [-0.1, -0.05) is 29.4 Å². The van der Waals surface area contributed by atoms with E-state index in [4.69, 9.17) is 4.52 Å². The number of likely N-dealkylation sites (N-methyl/N-ethyl adjacent to an activating group) is 2. The molecule has 7 heteroatoms. The highest BCUT2D eigenvalue weighted by atomic mass is 16.5. The number of amides is 1. The molecule has 7 nitrogen and oxygen atoms in total. The third-order valence-corrected chi connectivity index (χ3v) is 4.39. The van der Waals surface area contributed by atoms with E-state index in [1.54, 1.807) is 24.3 Å². The standard InChI is InChI=1S/C20H23N5O2/c1-14-7-5-6-8-16(14)18(24(2)3)20(26)25(4)13-17-22-19(23-27-17)15-9-11-21-12-10-15/h5-12,18H,13H2,1-4H3/t18-/m1/s1. The van der Waals surface area contributed by atoms with Gasteiger partial charge in [-0.05, 0) is 44.3 Å². The Morgan fingerprint density at radius 3 is 2.48 bits per heavy atom. The maximum atomic E-state index is 13.1. The average molecular weight is 365 g/mol. The van der Waals surface area contributed by atoms with E-state index < -0.39 is 0 Å². The molecule has 27 heavy (non-hydrogen) atoms. The van der Waals surface area contributed by atoms with Gasteiger partial charge in [0, 0.05) is 25.0 Å². The van der Waals surface area contributed by atoms with Crippen molar-refractivity contribution in [3.8, 4) is 11.4 Å². The van der Waals surface area contributed by atoms with Gasteiger partial charge in [0.05, 0.1) is 6.54 Å². The fourth-order valence-corrected chi connectivity index (χ4v) is 2.95.